The standard InChI is InChI=1S/C12H6BrClN2O4/c13-8-5-6-10(16(19)20)11(12(8)14)7-3-1-2-4-9(7)15(17)18/h1-6H. The molecule has 0 bridgehead atoms. The van der Waals surface area contributed by atoms with Crippen LogP contribution >= 0.6 is 27.5 Å². The molecule has 0 atom stereocenters. The van der Waals surface area contributed by atoms with Gasteiger partial charge in [-0.15, -0.1) is 0 Å². The van der Waals surface area contributed by atoms with Crippen molar-refractivity contribution < 1.29 is 9.85 Å². The lowest BCUT2D eigenvalue weighted by molar-refractivity contribution is -0.386. The Morgan fingerprint density at radius 1 is 0.950 bits per heavy atom. The van der Waals surface area contributed by atoms with Crippen LogP contribution in [0.15, 0.2) is 40.9 Å². The summed E-state index contributed by atoms with van der Waals surface area (Å²) in [6, 6.07) is 8.43. The molecule has 0 heterocycles. The second-order valence-corrected chi connectivity index (χ2v) is 5.02. The summed E-state index contributed by atoms with van der Waals surface area (Å²) in [6.45, 7) is 0. The first kappa shape index (κ1) is 14.4. The predicted octanol–water partition coefficient (Wildman–Crippen LogP) is 4.59. The number of nitro groups is 2. The largest absolute Gasteiger partial charge is 0.279 e. The normalized spacial score (nSPS) is 10.3. The van der Waals surface area contributed by atoms with E-state index in [-0.39, 0.29) is 27.5 Å². The van der Waals surface area contributed by atoms with E-state index in [0.717, 1.165) is 0 Å². The molecular formula is C12H6BrClN2O4. The van der Waals surface area contributed by atoms with Gasteiger partial charge in [-0.2, -0.15) is 0 Å². The van der Waals surface area contributed by atoms with E-state index in [2.05, 4.69) is 15.9 Å². The monoisotopic (exact) mass is 356 g/mol. The SMILES string of the molecule is O=[N+]([O-])c1ccccc1-c1c([N+](=O)[O-])ccc(Br)c1Cl. The molecule has 0 unspecified atom stereocenters. The minimum absolute atomic E-state index is 0.0262. The van der Waals surface area contributed by atoms with Gasteiger partial charge in [-0.3, -0.25) is 20.2 Å². The molecule has 0 saturated heterocycles. The summed E-state index contributed by atoms with van der Waals surface area (Å²) in [5, 5.41) is 22.2. The lowest BCUT2D eigenvalue weighted by Crippen LogP contribution is -1.97. The molecule has 0 aromatic heterocycles. The van der Waals surface area contributed by atoms with E-state index < -0.39 is 9.85 Å². The zero-order chi connectivity index (χ0) is 14.9. The molecular weight excluding hydrogens is 351 g/mol. The highest BCUT2D eigenvalue weighted by molar-refractivity contribution is 9.10. The van der Waals surface area contributed by atoms with Crippen molar-refractivity contribution in [1.29, 1.82) is 0 Å². The molecule has 2 aromatic carbocycles. The average Bonchev–Trinajstić information content (AvgIpc) is 2.41. The molecule has 0 N–H and O–H groups in total. The zero-order valence-electron chi connectivity index (χ0n) is 9.75. The minimum Gasteiger partial charge on any atom is -0.258 e. The summed E-state index contributed by atoms with van der Waals surface area (Å²) in [4.78, 5) is 20.9. The van der Waals surface area contributed by atoms with Gasteiger partial charge in [-0.1, -0.05) is 23.7 Å². The van der Waals surface area contributed by atoms with Gasteiger partial charge in [0.1, 0.15) is 0 Å². The quantitative estimate of drug-likeness (QED) is 0.594. The van der Waals surface area contributed by atoms with Crippen LogP contribution in [0, 0.1) is 20.2 Å². The highest BCUT2D eigenvalue weighted by Crippen LogP contribution is 2.43. The molecule has 0 aliphatic carbocycles. The molecule has 0 amide bonds. The smallest absolute Gasteiger partial charge is 0.258 e. The van der Waals surface area contributed by atoms with Gasteiger partial charge in [0.25, 0.3) is 11.4 Å². The molecule has 20 heavy (non-hydrogen) atoms. The van der Waals surface area contributed by atoms with Crippen LogP contribution in [0.2, 0.25) is 5.02 Å². The Morgan fingerprint density at radius 2 is 1.55 bits per heavy atom. The second-order valence-electron chi connectivity index (χ2n) is 3.79. The molecule has 0 fully saturated rings. The number of halogens is 2. The van der Waals surface area contributed by atoms with Crippen LogP contribution in [-0.4, -0.2) is 9.85 Å². The molecule has 0 aliphatic heterocycles. The van der Waals surface area contributed by atoms with Crippen LogP contribution in [0.1, 0.15) is 0 Å². The van der Waals surface area contributed by atoms with E-state index in [1.807, 2.05) is 0 Å². The Morgan fingerprint density at radius 3 is 2.15 bits per heavy atom. The van der Waals surface area contributed by atoms with E-state index in [9.17, 15) is 20.2 Å². The van der Waals surface area contributed by atoms with E-state index in [4.69, 9.17) is 11.6 Å². The van der Waals surface area contributed by atoms with Crippen molar-refractivity contribution in [2.24, 2.45) is 0 Å². The number of nitro benzene ring substituents is 2. The summed E-state index contributed by atoms with van der Waals surface area (Å²) in [5.74, 6) is 0. The van der Waals surface area contributed by atoms with Gasteiger partial charge in [-0.25, -0.2) is 0 Å². The second kappa shape index (κ2) is 5.56. The molecule has 0 radical (unpaired) electrons. The maximum absolute atomic E-state index is 11.1. The molecule has 0 spiro atoms. The number of nitrogens with zero attached hydrogens (tertiary/aromatic N) is 2. The summed E-state index contributed by atoms with van der Waals surface area (Å²) >= 11 is 9.24. The molecule has 2 rings (SSSR count). The summed E-state index contributed by atoms with van der Waals surface area (Å²) < 4.78 is 0.429. The Labute approximate surface area is 126 Å². The van der Waals surface area contributed by atoms with Crippen LogP contribution in [0.3, 0.4) is 0 Å². The van der Waals surface area contributed by atoms with Gasteiger partial charge in [0.05, 0.1) is 26.0 Å². The van der Waals surface area contributed by atoms with Crippen molar-refractivity contribution in [1.82, 2.24) is 0 Å². The zero-order valence-corrected chi connectivity index (χ0v) is 12.1. The van der Waals surface area contributed by atoms with Crippen molar-refractivity contribution >= 4 is 38.9 Å². The fraction of sp³-hybridized carbons (Fsp3) is 0. The van der Waals surface area contributed by atoms with Crippen LogP contribution < -0.4 is 0 Å². The summed E-state index contributed by atoms with van der Waals surface area (Å²) in [6.07, 6.45) is 0. The van der Waals surface area contributed by atoms with Crippen LogP contribution in [-0.2, 0) is 0 Å². The summed E-state index contributed by atoms with van der Waals surface area (Å²) in [7, 11) is 0. The molecule has 6 nitrogen and oxygen atoms in total. The van der Waals surface area contributed by atoms with Gasteiger partial charge in [0.2, 0.25) is 0 Å². The number of rotatable bonds is 3. The van der Waals surface area contributed by atoms with E-state index in [1.165, 1.54) is 30.3 Å². The van der Waals surface area contributed by atoms with E-state index >= 15 is 0 Å². The van der Waals surface area contributed by atoms with Gasteiger partial charge < -0.3 is 0 Å². The van der Waals surface area contributed by atoms with E-state index in [1.54, 1.807) is 6.07 Å². The Balaban J connectivity index is 2.85. The Hall–Kier alpha value is -1.99. The fourth-order valence-corrected chi connectivity index (χ4v) is 2.39. The van der Waals surface area contributed by atoms with Gasteiger partial charge in [0, 0.05) is 16.6 Å². The third-order valence-electron chi connectivity index (χ3n) is 2.64. The molecule has 2 aromatic rings. The highest BCUT2D eigenvalue weighted by atomic mass is 79.9. The van der Waals surface area contributed by atoms with Crippen molar-refractivity contribution in [2.75, 3.05) is 0 Å². The van der Waals surface area contributed by atoms with Crippen molar-refractivity contribution in [2.45, 2.75) is 0 Å². The third kappa shape index (κ3) is 2.50. The van der Waals surface area contributed by atoms with Crippen molar-refractivity contribution in [3.05, 3.63) is 66.1 Å². The summed E-state index contributed by atoms with van der Waals surface area (Å²) in [5.41, 5.74) is -0.392. The van der Waals surface area contributed by atoms with E-state index in [0.29, 0.717) is 4.47 Å². The number of hydrogen-bond donors (Lipinski definition) is 0. The number of para-hydroxylation sites is 1. The first-order chi connectivity index (χ1) is 9.43. The van der Waals surface area contributed by atoms with Gasteiger partial charge in [0.15, 0.2) is 0 Å². The average molecular weight is 358 g/mol. The fourth-order valence-electron chi connectivity index (χ4n) is 1.79. The Bertz CT molecular complexity index is 721. The Kier molecular flexibility index (Phi) is 4.01. The van der Waals surface area contributed by atoms with Crippen LogP contribution in [0.4, 0.5) is 11.4 Å². The van der Waals surface area contributed by atoms with Crippen LogP contribution in [0.25, 0.3) is 11.1 Å². The maximum atomic E-state index is 11.1. The molecule has 102 valence electrons. The molecule has 8 heteroatoms. The highest BCUT2D eigenvalue weighted by Gasteiger charge is 2.26. The van der Waals surface area contributed by atoms with Crippen molar-refractivity contribution in [3.8, 4) is 11.1 Å². The third-order valence-corrected chi connectivity index (χ3v) is 3.92. The van der Waals surface area contributed by atoms with Crippen LogP contribution in [0.5, 0.6) is 0 Å². The first-order valence-electron chi connectivity index (χ1n) is 5.29. The number of benzene rings is 2. The molecule has 0 aliphatic rings. The number of hydrogen-bond acceptors (Lipinski definition) is 4. The maximum Gasteiger partial charge on any atom is 0.279 e. The lowest BCUT2D eigenvalue weighted by Gasteiger charge is -2.08. The predicted molar refractivity (Wildman–Crippen MR) is 77.9 cm³/mol. The molecule has 0 saturated carbocycles. The van der Waals surface area contributed by atoms with Crippen molar-refractivity contribution in [3.63, 3.8) is 0 Å². The minimum atomic E-state index is -0.621. The van der Waals surface area contributed by atoms with Gasteiger partial charge >= 0.3 is 0 Å². The first-order valence-corrected chi connectivity index (χ1v) is 6.46. The lowest BCUT2D eigenvalue weighted by atomic mass is 10.0. The topological polar surface area (TPSA) is 86.3 Å². The van der Waals surface area contributed by atoms with Gasteiger partial charge in [-0.05, 0) is 28.1 Å².